The molecule has 3 aromatic rings. The number of benzene rings is 2. The van der Waals surface area contributed by atoms with Crippen molar-refractivity contribution in [2.45, 2.75) is 20.4 Å². The van der Waals surface area contributed by atoms with Crippen LogP contribution >= 0.6 is 22.9 Å². The monoisotopic (exact) mass is 374 g/mol. The van der Waals surface area contributed by atoms with Crippen LogP contribution in [0.3, 0.4) is 0 Å². The minimum Gasteiger partial charge on any atom is -0.383 e. The maximum absolute atomic E-state index is 12.5. The second-order valence-electron chi connectivity index (χ2n) is 5.86. The molecular formula is C19H19ClN2O2S. The maximum atomic E-state index is 12.5. The Morgan fingerprint density at radius 2 is 1.88 bits per heavy atom. The SMILES string of the molecule is COCCn1c(=NC(=O)c2ccc(Cl)cc2)sc2cc(C)c(C)cc21. The third-order valence-electron chi connectivity index (χ3n) is 4.11. The summed E-state index contributed by atoms with van der Waals surface area (Å²) in [5, 5.41) is 0.597. The van der Waals surface area contributed by atoms with E-state index in [1.165, 1.54) is 22.5 Å². The van der Waals surface area contributed by atoms with Gasteiger partial charge in [-0.1, -0.05) is 22.9 Å². The van der Waals surface area contributed by atoms with Crippen molar-refractivity contribution < 1.29 is 9.53 Å². The fraction of sp³-hybridized carbons (Fsp3) is 0.263. The summed E-state index contributed by atoms with van der Waals surface area (Å²) < 4.78 is 8.38. The minimum atomic E-state index is -0.275. The van der Waals surface area contributed by atoms with Crippen LogP contribution in [0.4, 0.5) is 0 Å². The molecule has 1 aromatic heterocycles. The van der Waals surface area contributed by atoms with Gasteiger partial charge in [-0.3, -0.25) is 4.79 Å². The van der Waals surface area contributed by atoms with Gasteiger partial charge in [0, 0.05) is 24.2 Å². The van der Waals surface area contributed by atoms with E-state index in [1.807, 2.05) is 4.57 Å². The number of rotatable bonds is 4. The molecule has 0 N–H and O–H groups in total. The van der Waals surface area contributed by atoms with Crippen LogP contribution in [-0.4, -0.2) is 24.2 Å². The average molecular weight is 375 g/mol. The lowest BCUT2D eigenvalue weighted by molar-refractivity contribution is 0.0997. The highest BCUT2D eigenvalue weighted by atomic mass is 35.5. The van der Waals surface area contributed by atoms with Crippen molar-refractivity contribution in [3.05, 3.63) is 62.9 Å². The number of amides is 1. The molecular weight excluding hydrogens is 356 g/mol. The Morgan fingerprint density at radius 1 is 1.20 bits per heavy atom. The molecule has 0 saturated carbocycles. The third-order valence-corrected chi connectivity index (χ3v) is 5.40. The summed E-state index contributed by atoms with van der Waals surface area (Å²) in [6, 6.07) is 11.1. The Morgan fingerprint density at radius 3 is 2.56 bits per heavy atom. The molecule has 1 amide bonds. The summed E-state index contributed by atoms with van der Waals surface area (Å²) in [6.07, 6.45) is 0. The largest absolute Gasteiger partial charge is 0.383 e. The van der Waals surface area contributed by atoms with E-state index in [0.717, 1.165) is 10.2 Å². The Kier molecular flexibility index (Phi) is 5.37. The number of thiazole rings is 1. The highest BCUT2D eigenvalue weighted by Crippen LogP contribution is 2.22. The number of aromatic nitrogens is 1. The Hall–Kier alpha value is -1.95. The van der Waals surface area contributed by atoms with Gasteiger partial charge in [0.25, 0.3) is 5.91 Å². The van der Waals surface area contributed by atoms with Crippen LogP contribution in [0.25, 0.3) is 10.2 Å². The molecule has 0 radical (unpaired) electrons. The van der Waals surface area contributed by atoms with E-state index in [4.69, 9.17) is 16.3 Å². The van der Waals surface area contributed by atoms with Gasteiger partial charge in [-0.25, -0.2) is 0 Å². The number of nitrogens with zero attached hydrogens (tertiary/aromatic N) is 2. The topological polar surface area (TPSA) is 43.6 Å². The quantitative estimate of drug-likeness (QED) is 0.681. The minimum absolute atomic E-state index is 0.275. The fourth-order valence-corrected chi connectivity index (χ4v) is 3.81. The number of hydrogen-bond acceptors (Lipinski definition) is 3. The summed E-state index contributed by atoms with van der Waals surface area (Å²) in [5.41, 5.74) is 4.04. The van der Waals surface area contributed by atoms with Crippen LogP contribution in [0.2, 0.25) is 5.02 Å². The van der Waals surface area contributed by atoms with Gasteiger partial charge in [0.05, 0.1) is 16.8 Å². The van der Waals surface area contributed by atoms with Crippen LogP contribution in [-0.2, 0) is 11.3 Å². The van der Waals surface area contributed by atoms with Crippen LogP contribution in [0.5, 0.6) is 0 Å². The van der Waals surface area contributed by atoms with E-state index in [9.17, 15) is 4.79 Å². The molecule has 6 heteroatoms. The Balaban J connectivity index is 2.13. The number of halogens is 1. The lowest BCUT2D eigenvalue weighted by Gasteiger charge is -2.06. The first-order chi connectivity index (χ1) is 12.0. The van der Waals surface area contributed by atoms with Gasteiger partial charge >= 0.3 is 0 Å². The number of hydrogen-bond donors (Lipinski definition) is 0. The van der Waals surface area contributed by atoms with E-state index < -0.39 is 0 Å². The zero-order chi connectivity index (χ0) is 18.0. The van der Waals surface area contributed by atoms with E-state index in [-0.39, 0.29) is 5.91 Å². The van der Waals surface area contributed by atoms with Gasteiger partial charge in [-0.15, -0.1) is 0 Å². The molecule has 0 spiro atoms. The molecule has 0 atom stereocenters. The van der Waals surface area contributed by atoms with Crippen molar-refractivity contribution in [3.8, 4) is 0 Å². The molecule has 4 nitrogen and oxygen atoms in total. The molecule has 0 aliphatic carbocycles. The third kappa shape index (κ3) is 3.84. The van der Waals surface area contributed by atoms with Crippen molar-refractivity contribution >= 4 is 39.1 Å². The summed E-state index contributed by atoms with van der Waals surface area (Å²) >= 11 is 7.40. The van der Waals surface area contributed by atoms with Gasteiger partial charge in [0.15, 0.2) is 4.80 Å². The van der Waals surface area contributed by atoms with E-state index >= 15 is 0 Å². The lowest BCUT2D eigenvalue weighted by Crippen LogP contribution is -2.19. The first kappa shape index (κ1) is 17.9. The van der Waals surface area contributed by atoms with E-state index in [2.05, 4.69) is 31.0 Å². The molecule has 1 heterocycles. The molecule has 3 rings (SSSR count). The average Bonchev–Trinajstić information content (AvgIpc) is 2.90. The summed E-state index contributed by atoms with van der Waals surface area (Å²) in [6.45, 7) is 5.37. The van der Waals surface area contributed by atoms with Crippen molar-refractivity contribution in [2.75, 3.05) is 13.7 Å². The zero-order valence-electron chi connectivity index (χ0n) is 14.4. The number of aryl methyl sites for hydroxylation is 2. The van der Waals surface area contributed by atoms with Crippen molar-refractivity contribution in [3.63, 3.8) is 0 Å². The molecule has 0 saturated heterocycles. The van der Waals surface area contributed by atoms with E-state index in [1.54, 1.807) is 31.4 Å². The summed E-state index contributed by atoms with van der Waals surface area (Å²) in [5.74, 6) is -0.275. The number of fused-ring (bicyclic) bond motifs is 1. The van der Waals surface area contributed by atoms with E-state index in [0.29, 0.717) is 28.5 Å². The van der Waals surface area contributed by atoms with Gasteiger partial charge in [0.1, 0.15) is 0 Å². The summed E-state index contributed by atoms with van der Waals surface area (Å²) in [4.78, 5) is 17.5. The molecule has 25 heavy (non-hydrogen) atoms. The second kappa shape index (κ2) is 7.52. The maximum Gasteiger partial charge on any atom is 0.279 e. The van der Waals surface area contributed by atoms with Crippen LogP contribution < -0.4 is 4.80 Å². The molecule has 0 bridgehead atoms. The zero-order valence-corrected chi connectivity index (χ0v) is 15.9. The highest BCUT2D eigenvalue weighted by Gasteiger charge is 2.10. The number of carbonyl (C=O) groups is 1. The van der Waals surface area contributed by atoms with Gasteiger partial charge in [0.2, 0.25) is 0 Å². The molecule has 2 aromatic carbocycles. The van der Waals surface area contributed by atoms with Crippen molar-refractivity contribution in [2.24, 2.45) is 4.99 Å². The van der Waals surface area contributed by atoms with Gasteiger partial charge in [-0.2, -0.15) is 4.99 Å². The predicted molar refractivity (Wildman–Crippen MR) is 103 cm³/mol. The molecule has 0 fully saturated rings. The Bertz CT molecular complexity index is 987. The van der Waals surface area contributed by atoms with Crippen LogP contribution in [0.1, 0.15) is 21.5 Å². The molecule has 0 aliphatic heterocycles. The molecule has 130 valence electrons. The van der Waals surface area contributed by atoms with Crippen LogP contribution in [0, 0.1) is 13.8 Å². The van der Waals surface area contributed by atoms with Crippen LogP contribution in [0.15, 0.2) is 41.4 Å². The number of ether oxygens (including phenoxy) is 1. The summed E-state index contributed by atoms with van der Waals surface area (Å²) in [7, 11) is 1.67. The van der Waals surface area contributed by atoms with Gasteiger partial charge in [-0.05, 0) is 61.4 Å². The first-order valence-corrected chi connectivity index (χ1v) is 9.13. The smallest absolute Gasteiger partial charge is 0.279 e. The lowest BCUT2D eigenvalue weighted by atomic mass is 10.1. The van der Waals surface area contributed by atoms with Crippen molar-refractivity contribution in [1.29, 1.82) is 0 Å². The first-order valence-electron chi connectivity index (χ1n) is 7.94. The highest BCUT2D eigenvalue weighted by molar-refractivity contribution is 7.16. The van der Waals surface area contributed by atoms with Crippen molar-refractivity contribution in [1.82, 2.24) is 4.57 Å². The fourth-order valence-electron chi connectivity index (χ4n) is 2.55. The van der Waals surface area contributed by atoms with Gasteiger partial charge < -0.3 is 9.30 Å². The normalized spacial score (nSPS) is 12.1. The second-order valence-corrected chi connectivity index (χ2v) is 7.30. The number of methoxy groups -OCH3 is 1. The predicted octanol–water partition coefficient (Wildman–Crippen LogP) is 4.36. The molecule has 0 aliphatic rings. The molecule has 0 unspecified atom stereocenters. The number of carbonyl (C=O) groups excluding carboxylic acids is 1. The standard InChI is InChI=1S/C19H19ClN2O2S/c1-12-10-16-17(11-13(12)2)25-19(22(16)8-9-24-3)21-18(23)14-4-6-15(20)7-5-14/h4-7,10-11H,8-9H2,1-3H3. The Labute approximate surface area is 155 Å².